The van der Waals surface area contributed by atoms with Crippen LogP contribution in [0.25, 0.3) is 0 Å². The summed E-state index contributed by atoms with van der Waals surface area (Å²) in [5, 5.41) is 0. The fourth-order valence-corrected chi connectivity index (χ4v) is 1.49. The molecule has 0 bridgehead atoms. The van der Waals surface area contributed by atoms with E-state index < -0.39 is 0 Å². The van der Waals surface area contributed by atoms with Gasteiger partial charge in [0.05, 0.1) is 0 Å². The molecule has 0 aromatic heterocycles. The van der Waals surface area contributed by atoms with Gasteiger partial charge in [-0.3, -0.25) is 4.31 Å². The van der Waals surface area contributed by atoms with Crippen LogP contribution in [0.5, 0.6) is 0 Å². The van der Waals surface area contributed by atoms with E-state index in [1.807, 2.05) is 11.9 Å². The molecule has 0 saturated carbocycles. The number of hydrogen-bond acceptors (Lipinski definition) is 2. The zero-order valence-electron chi connectivity index (χ0n) is 7.87. The first kappa shape index (κ1) is 9.62. The van der Waals surface area contributed by atoms with E-state index in [-0.39, 0.29) is 0 Å². The van der Waals surface area contributed by atoms with Gasteiger partial charge in [0, 0.05) is 5.75 Å². The van der Waals surface area contributed by atoms with E-state index in [2.05, 4.69) is 49.6 Å². The number of aryl methyl sites for hydroxylation is 1. The van der Waals surface area contributed by atoms with Crippen molar-refractivity contribution in [3.63, 3.8) is 0 Å². The Kier molecular flexibility index (Phi) is 3.63. The summed E-state index contributed by atoms with van der Waals surface area (Å²) >= 11 is 1.82. The second-order valence-electron chi connectivity index (χ2n) is 3.07. The molecule has 0 amide bonds. The van der Waals surface area contributed by atoms with Crippen LogP contribution in [-0.2, 0) is 5.75 Å². The van der Waals surface area contributed by atoms with Gasteiger partial charge in [0.2, 0.25) is 0 Å². The van der Waals surface area contributed by atoms with Crippen molar-refractivity contribution in [2.75, 3.05) is 14.1 Å². The summed E-state index contributed by atoms with van der Waals surface area (Å²) in [6, 6.07) is 8.69. The molecule has 1 nitrogen and oxygen atoms in total. The van der Waals surface area contributed by atoms with Crippen LogP contribution in [0.1, 0.15) is 11.1 Å². The predicted octanol–water partition coefficient (Wildman–Crippen LogP) is 2.70. The fraction of sp³-hybridized carbons (Fsp3) is 0.400. The minimum atomic E-state index is 1.06. The molecule has 66 valence electrons. The molecule has 1 rings (SSSR count). The minimum Gasteiger partial charge on any atom is -0.256 e. The van der Waals surface area contributed by atoms with E-state index in [1.165, 1.54) is 11.1 Å². The lowest BCUT2D eigenvalue weighted by Crippen LogP contribution is -1.99. The third-order valence-corrected chi connectivity index (χ3v) is 2.59. The molecule has 0 fully saturated rings. The molecule has 1 aromatic rings. The molecule has 0 aliphatic carbocycles. The topological polar surface area (TPSA) is 3.24 Å². The molecule has 0 unspecified atom stereocenters. The van der Waals surface area contributed by atoms with Gasteiger partial charge in [-0.1, -0.05) is 41.8 Å². The summed E-state index contributed by atoms with van der Waals surface area (Å²) in [6.07, 6.45) is 0. The van der Waals surface area contributed by atoms with Crippen LogP contribution in [0.15, 0.2) is 24.3 Å². The maximum Gasteiger partial charge on any atom is 0.0332 e. The molecular formula is C10H15NS. The van der Waals surface area contributed by atoms with E-state index in [4.69, 9.17) is 0 Å². The zero-order chi connectivity index (χ0) is 8.97. The highest BCUT2D eigenvalue weighted by atomic mass is 32.2. The average Bonchev–Trinajstić information content (AvgIpc) is 2.03. The molecule has 0 spiro atoms. The second-order valence-corrected chi connectivity index (χ2v) is 4.35. The van der Waals surface area contributed by atoms with Crippen LogP contribution in [0, 0.1) is 6.92 Å². The van der Waals surface area contributed by atoms with Gasteiger partial charge in [-0.05, 0) is 26.6 Å². The third kappa shape index (κ3) is 3.28. The van der Waals surface area contributed by atoms with E-state index in [9.17, 15) is 0 Å². The van der Waals surface area contributed by atoms with Crippen molar-refractivity contribution in [2.45, 2.75) is 12.7 Å². The monoisotopic (exact) mass is 181 g/mol. The molecule has 0 N–H and O–H groups in total. The van der Waals surface area contributed by atoms with Crippen molar-refractivity contribution in [1.29, 1.82) is 0 Å². The molecule has 12 heavy (non-hydrogen) atoms. The molecular weight excluding hydrogens is 166 g/mol. The Hall–Kier alpha value is -0.470. The highest BCUT2D eigenvalue weighted by Gasteiger charge is 1.93. The standard InChI is InChI=1S/C10H15NS/c1-9-4-6-10(7-5-9)8-12-11(2)3/h4-7H,8H2,1-3H3. The molecule has 0 aliphatic rings. The van der Waals surface area contributed by atoms with Gasteiger partial charge in [-0.15, -0.1) is 0 Å². The Labute approximate surface area is 78.9 Å². The average molecular weight is 181 g/mol. The van der Waals surface area contributed by atoms with Crippen LogP contribution in [0.3, 0.4) is 0 Å². The number of hydrogen-bond donors (Lipinski definition) is 0. The van der Waals surface area contributed by atoms with Crippen molar-refractivity contribution in [3.8, 4) is 0 Å². The number of nitrogens with zero attached hydrogens (tertiary/aromatic N) is 1. The fourth-order valence-electron chi connectivity index (χ4n) is 0.888. The lowest BCUT2D eigenvalue weighted by atomic mass is 10.2. The normalized spacial score (nSPS) is 10.7. The molecule has 1 aromatic carbocycles. The summed E-state index contributed by atoms with van der Waals surface area (Å²) in [4.78, 5) is 0. The largest absolute Gasteiger partial charge is 0.256 e. The van der Waals surface area contributed by atoms with Gasteiger partial charge < -0.3 is 0 Å². The van der Waals surface area contributed by atoms with Crippen LogP contribution in [0.2, 0.25) is 0 Å². The first-order chi connectivity index (χ1) is 5.68. The molecule has 0 saturated heterocycles. The predicted molar refractivity (Wildman–Crippen MR) is 56.2 cm³/mol. The van der Waals surface area contributed by atoms with Crippen LogP contribution in [-0.4, -0.2) is 18.4 Å². The van der Waals surface area contributed by atoms with Gasteiger partial charge in [0.1, 0.15) is 0 Å². The number of rotatable bonds is 3. The molecule has 2 heteroatoms. The first-order valence-electron chi connectivity index (χ1n) is 4.04. The molecule has 0 atom stereocenters. The molecule has 0 aliphatic heterocycles. The SMILES string of the molecule is Cc1ccc(CSN(C)C)cc1. The van der Waals surface area contributed by atoms with E-state index in [1.54, 1.807) is 0 Å². The Morgan fingerprint density at radius 2 is 1.75 bits per heavy atom. The lowest BCUT2D eigenvalue weighted by Gasteiger charge is -2.07. The van der Waals surface area contributed by atoms with Crippen LogP contribution in [0.4, 0.5) is 0 Å². The number of benzene rings is 1. The van der Waals surface area contributed by atoms with Crippen LogP contribution < -0.4 is 0 Å². The Bertz CT molecular complexity index is 228. The summed E-state index contributed by atoms with van der Waals surface area (Å²) in [7, 11) is 4.14. The lowest BCUT2D eigenvalue weighted by molar-refractivity contribution is 0.702. The van der Waals surface area contributed by atoms with E-state index in [0.717, 1.165) is 5.75 Å². The smallest absolute Gasteiger partial charge is 0.0332 e. The first-order valence-corrected chi connectivity index (χ1v) is 4.98. The third-order valence-electron chi connectivity index (χ3n) is 1.61. The summed E-state index contributed by atoms with van der Waals surface area (Å²) < 4.78 is 2.12. The summed E-state index contributed by atoms with van der Waals surface area (Å²) in [5.74, 6) is 1.06. The van der Waals surface area contributed by atoms with Crippen molar-refractivity contribution in [2.24, 2.45) is 0 Å². The highest BCUT2D eigenvalue weighted by molar-refractivity contribution is 7.96. The van der Waals surface area contributed by atoms with Crippen molar-refractivity contribution in [1.82, 2.24) is 4.31 Å². The maximum atomic E-state index is 2.19. The van der Waals surface area contributed by atoms with E-state index in [0.29, 0.717) is 0 Å². The zero-order valence-corrected chi connectivity index (χ0v) is 8.69. The van der Waals surface area contributed by atoms with Crippen molar-refractivity contribution < 1.29 is 0 Å². The Morgan fingerprint density at radius 1 is 1.17 bits per heavy atom. The molecule has 0 radical (unpaired) electrons. The Balaban J connectivity index is 2.48. The second kappa shape index (κ2) is 4.53. The van der Waals surface area contributed by atoms with Crippen LogP contribution >= 0.6 is 11.9 Å². The highest BCUT2D eigenvalue weighted by Crippen LogP contribution is 2.13. The minimum absolute atomic E-state index is 1.06. The van der Waals surface area contributed by atoms with Crippen molar-refractivity contribution in [3.05, 3.63) is 35.4 Å². The quantitative estimate of drug-likeness (QED) is 0.660. The van der Waals surface area contributed by atoms with Gasteiger partial charge in [-0.25, -0.2) is 0 Å². The Morgan fingerprint density at radius 3 is 2.25 bits per heavy atom. The molecule has 0 heterocycles. The van der Waals surface area contributed by atoms with Gasteiger partial charge in [0.15, 0.2) is 0 Å². The van der Waals surface area contributed by atoms with Crippen molar-refractivity contribution >= 4 is 11.9 Å². The van der Waals surface area contributed by atoms with Gasteiger partial charge in [0.25, 0.3) is 0 Å². The van der Waals surface area contributed by atoms with Gasteiger partial charge in [-0.2, -0.15) is 0 Å². The summed E-state index contributed by atoms with van der Waals surface area (Å²) in [6.45, 7) is 2.11. The summed E-state index contributed by atoms with van der Waals surface area (Å²) in [5.41, 5.74) is 2.72. The maximum absolute atomic E-state index is 2.19. The van der Waals surface area contributed by atoms with E-state index >= 15 is 0 Å². The van der Waals surface area contributed by atoms with Gasteiger partial charge >= 0.3 is 0 Å².